The molecule has 2 aliphatic rings. The van der Waals surface area contributed by atoms with Crippen molar-refractivity contribution in [2.24, 2.45) is 0 Å². The highest BCUT2D eigenvalue weighted by Crippen LogP contribution is 2.31. The number of rotatable bonds is 10. The van der Waals surface area contributed by atoms with Crippen LogP contribution in [0.4, 0.5) is 15.0 Å². The average molecular weight is 657 g/mol. The Bertz CT molecular complexity index is 1910. The largest absolute Gasteiger partial charge is 0.473 e. The Kier molecular flexibility index (Phi) is 9.01. The lowest BCUT2D eigenvalue weighted by molar-refractivity contribution is -0.0592. The maximum atomic E-state index is 14.2. The summed E-state index contributed by atoms with van der Waals surface area (Å²) in [5.41, 5.74) is 4.84. The zero-order valence-electron chi connectivity index (χ0n) is 25.6. The molecule has 0 spiro atoms. The number of likely N-dealkylation sites (tertiary alicyclic amines) is 1. The van der Waals surface area contributed by atoms with Crippen LogP contribution in [-0.4, -0.2) is 61.4 Å². The van der Waals surface area contributed by atoms with E-state index in [1.807, 2.05) is 30.3 Å². The highest BCUT2D eigenvalue weighted by Gasteiger charge is 2.26. The minimum atomic E-state index is -1.16. The van der Waals surface area contributed by atoms with Gasteiger partial charge in [-0.3, -0.25) is 10.2 Å². The molecule has 1 amide bonds. The van der Waals surface area contributed by atoms with Crippen molar-refractivity contribution >= 4 is 34.5 Å². The van der Waals surface area contributed by atoms with Crippen molar-refractivity contribution in [1.29, 1.82) is 0 Å². The topological polar surface area (TPSA) is 115 Å². The molecule has 0 aliphatic carbocycles. The van der Waals surface area contributed by atoms with Crippen LogP contribution >= 0.6 is 11.6 Å². The Morgan fingerprint density at radius 1 is 1.02 bits per heavy atom. The number of fused-ring (bicyclic) bond motifs is 1. The molecule has 0 radical (unpaired) electrons. The molecular weight excluding hydrogens is 623 g/mol. The van der Waals surface area contributed by atoms with Crippen LogP contribution in [0.25, 0.3) is 22.3 Å². The van der Waals surface area contributed by atoms with Crippen molar-refractivity contribution in [2.45, 2.75) is 51.0 Å². The molecule has 1 unspecified atom stereocenters. The molecular formula is C35H34ClFN6O4. The number of anilines is 1. The van der Waals surface area contributed by atoms with Gasteiger partial charge in [0.15, 0.2) is 0 Å². The molecule has 12 heteroatoms. The third-order valence-corrected chi connectivity index (χ3v) is 9.03. The third-order valence-electron chi connectivity index (χ3n) is 8.79. The van der Waals surface area contributed by atoms with Gasteiger partial charge in [-0.05, 0) is 74.8 Å². The monoisotopic (exact) mass is 656 g/mol. The summed E-state index contributed by atoms with van der Waals surface area (Å²) in [6.07, 6.45) is 1.95. The number of benzene rings is 2. The van der Waals surface area contributed by atoms with Gasteiger partial charge in [-0.15, -0.1) is 0 Å². The quantitative estimate of drug-likeness (QED) is 0.163. The lowest BCUT2D eigenvalue weighted by Gasteiger charge is -2.32. The number of nitrogens with one attached hydrogen (secondary N) is 1. The van der Waals surface area contributed by atoms with Crippen LogP contribution in [-0.2, 0) is 24.4 Å². The molecule has 1 atom stereocenters. The normalized spacial score (nSPS) is 17.0. The summed E-state index contributed by atoms with van der Waals surface area (Å²) < 4.78 is 28.1. The van der Waals surface area contributed by atoms with E-state index in [-0.39, 0.29) is 18.5 Å². The summed E-state index contributed by atoms with van der Waals surface area (Å²) in [6, 6.07) is 21.7. The summed E-state index contributed by atoms with van der Waals surface area (Å²) >= 11 is 5.87. The Hall–Kier alpha value is -4.58. The van der Waals surface area contributed by atoms with Crippen LogP contribution < -0.4 is 10.1 Å². The van der Waals surface area contributed by atoms with Crippen molar-refractivity contribution in [3.8, 4) is 17.1 Å². The number of pyridine rings is 2. The molecule has 3 aromatic heterocycles. The van der Waals surface area contributed by atoms with Crippen molar-refractivity contribution in [3.05, 3.63) is 101 Å². The smallest absolute Gasteiger partial charge is 0.410 e. The number of amides is 1. The molecule has 242 valence electrons. The fraction of sp³-hybridized carbons (Fsp3) is 0.314. The standard InChI is InChI=1S/C35H34ClFN6O4/c36-25-9-7-24(27(37)18-25)21-47-34-6-2-4-28(40-34)22-11-14-42(15-12-22)20-33-39-30-17-23(29-3-1-5-32(38-29)41-35(44)45)8-10-31(30)43(33)19-26-13-16-46-26/h1-10,17-18,22,26H,11-16,19-21H2,(H,38,41)(H,44,45). The lowest BCUT2D eigenvalue weighted by atomic mass is 9.93. The van der Waals surface area contributed by atoms with E-state index < -0.39 is 11.9 Å². The van der Waals surface area contributed by atoms with E-state index in [1.54, 1.807) is 30.3 Å². The summed E-state index contributed by atoms with van der Waals surface area (Å²) in [5, 5.41) is 11.8. The maximum absolute atomic E-state index is 14.2. The third kappa shape index (κ3) is 7.22. The van der Waals surface area contributed by atoms with Gasteiger partial charge >= 0.3 is 6.09 Å². The van der Waals surface area contributed by atoms with Gasteiger partial charge in [0.2, 0.25) is 5.88 Å². The minimum Gasteiger partial charge on any atom is -0.473 e. The lowest BCUT2D eigenvalue weighted by Crippen LogP contribution is -2.35. The molecule has 2 saturated heterocycles. The van der Waals surface area contributed by atoms with E-state index in [9.17, 15) is 9.18 Å². The van der Waals surface area contributed by atoms with Crippen LogP contribution in [0, 0.1) is 5.82 Å². The first-order valence-corrected chi connectivity index (χ1v) is 16.1. The van der Waals surface area contributed by atoms with Crippen molar-refractivity contribution in [2.75, 3.05) is 25.0 Å². The second kappa shape index (κ2) is 13.6. The highest BCUT2D eigenvalue weighted by atomic mass is 35.5. The Labute approximate surface area is 276 Å². The Morgan fingerprint density at radius 2 is 1.85 bits per heavy atom. The minimum absolute atomic E-state index is 0.0805. The number of carbonyl (C=O) groups is 1. The number of ether oxygens (including phenoxy) is 2. The van der Waals surface area contributed by atoms with E-state index in [1.165, 1.54) is 6.07 Å². The van der Waals surface area contributed by atoms with E-state index in [0.29, 0.717) is 34.6 Å². The first kappa shape index (κ1) is 31.0. The van der Waals surface area contributed by atoms with Crippen molar-refractivity contribution in [1.82, 2.24) is 24.4 Å². The van der Waals surface area contributed by atoms with Gasteiger partial charge in [0, 0.05) is 40.4 Å². The summed E-state index contributed by atoms with van der Waals surface area (Å²) in [6.45, 7) is 4.12. The summed E-state index contributed by atoms with van der Waals surface area (Å²) in [5.74, 6) is 1.64. The van der Waals surface area contributed by atoms with Crippen LogP contribution in [0.1, 0.15) is 42.3 Å². The zero-order valence-corrected chi connectivity index (χ0v) is 26.4. The van der Waals surface area contributed by atoms with E-state index in [4.69, 9.17) is 36.1 Å². The molecule has 5 aromatic rings. The van der Waals surface area contributed by atoms with Crippen molar-refractivity contribution in [3.63, 3.8) is 0 Å². The molecule has 5 heterocycles. The maximum Gasteiger partial charge on any atom is 0.410 e. The number of hydrogen-bond donors (Lipinski definition) is 2. The fourth-order valence-corrected chi connectivity index (χ4v) is 6.34. The number of piperidine rings is 1. The Balaban J connectivity index is 1.03. The van der Waals surface area contributed by atoms with Crippen LogP contribution in [0.15, 0.2) is 72.8 Å². The number of nitrogens with zero attached hydrogens (tertiary/aromatic N) is 5. The molecule has 7 rings (SSSR count). The van der Waals surface area contributed by atoms with E-state index in [0.717, 1.165) is 73.6 Å². The van der Waals surface area contributed by atoms with Gasteiger partial charge in [0.25, 0.3) is 0 Å². The van der Waals surface area contributed by atoms with Gasteiger partial charge in [-0.25, -0.2) is 24.1 Å². The molecule has 2 aromatic carbocycles. The summed E-state index contributed by atoms with van der Waals surface area (Å²) in [7, 11) is 0. The van der Waals surface area contributed by atoms with Gasteiger partial charge < -0.3 is 19.1 Å². The Morgan fingerprint density at radius 3 is 2.62 bits per heavy atom. The number of halogens is 2. The second-order valence-corrected chi connectivity index (χ2v) is 12.4. The predicted molar refractivity (Wildman–Crippen MR) is 176 cm³/mol. The number of hydrogen-bond acceptors (Lipinski definition) is 7. The second-order valence-electron chi connectivity index (χ2n) is 11.9. The molecule has 0 bridgehead atoms. The molecule has 2 fully saturated rings. The van der Waals surface area contributed by atoms with Crippen LogP contribution in [0.3, 0.4) is 0 Å². The highest BCUT2D eigenvalue weighted by molar-refractivity contribution is 6.30. The van der Waals surface area contributed by atoms with Crippen LogP contribution in [0.2, 0.25) is 5.02 Å². The van der Waals surface area contributed by atoms with Gasteiger partial charge in [-0.1, -0.05) is 35.9 Å². The first-order valence-electron chi connectivity index (χ1n) is 15.7. The van der Waals surface area contributed by atoms with E-state index in [2.05, 4.69) is 25.8 Å². The molecule has 0 saturated carbocycles. The SMILES string of the molecule is O=C(O)Nc1cccc(-c2ccc3c(c2)nc(CN2CCC(c4cccc(OCc5ccc(Cl)cc5F)n4)CC2)n3CC2CCO2)n1. The molecule has 2 aliphatic heterocycles. The van der Waals surface area contributed by atoms with Gasteiger partial charge in [0.05, 0.1) is 35.9 Å². The van der Waals surface area contributed by atoms with Crippen LogP contribution in [0.5, 0.6) is 5.88 Å². The number of aromatic nitrogens is 4. The molecule has 47 heavy (non-hydrogen) atoms. The molecule has 2 N–H and O–H groups in total. The van der Waals surface area contributed by atoms with Crippen molar-refractivity contribution < 1.29 is 23.8 Å². The number of imidazole rings is 1. The van der Waals surface area contributed by atoms with E-state index >= 15 is 0 Å². The summed E-state index contributed by atoms with van der Waals surface area (Å²) in [4.78, 5) is 27.8. The average Bonchev–Trinajstić information content (AvgIpc) is 3.38. The molecule has 10 nitrogen and oxygen atoms in total. The zero-order chi connectivity index (χ0) is 32.3. The first-order chi connectivity index (χ1) is 22.9. The fourth-order valence-electron chi connectivity index (χ4n) is 6.19. The van der Waals surface area contributed by atoms with Gasteiger partial charge in [-0.2, -0.15) is 0 Å². The predicted octanol–water partition coefficient (Wildman–Crippen LogP) is 7.12. The van der Waals surface area contributed by atoms with Gasteiger partial charge in [0.1, 0.15) is 24.1 Å². The number of carboxylic acid groups (broad SMARTS) is 1.